The number of Topliss-reactive ketones (excluding diaryl/α,β-unsaturated/α-hetero) is 1. The van der Waals surface area contributed by atoms with Crippen LogP contribution in [-0.4, -0.2) is 39.9 Å². The molecule has 0 fully saturated rings. The summed E-state index contributed by atoms with van der Waals surface area (Å²) in [5.74, 6) is 0.710. The summed E-state index contributed by atoms with van der Waals surface area (Å²) in [7, 11) is 0. The molecule has 3 aromatic carbocycles. The summed E-state index contributed by atoms with van der Waals surface area (Å²) < 4.78 is 5.91. The molecule has 4 aromatic rings. The molecule has 0 spiro atoms. The van der Waals surface area contributed by atoms with Gasteiger partial charge < -0.3 is 9.64 Å². The summed E-state index contributed by atoms with van der Waals surface area (Å²) in [6.07, 6.45) is 1.80. The van der Waals surface area contributed by atoms with Gasteiger partial charge in [-0.15, -0.1) is 0 Å². The lowest BCUT2D eigenvalue weighted by Crippen LogP contribution is -2.32. The summed E-state index contributed by atoms with van der Waals surface area (Å²) in [6.45, 7) is 2.91. The van der Waals surface area contributed by atoms with E-state index in [9.17, 15) is 9.59 Å². The number of ketones is 1. The first-order valence-corrected chi connectivity index (χ1v) is 10.2. The first kappa shape index (κ1) is 19.1. The van der Waals surface area contributed by atoms with E-state index < -0.39 is 0 Å². The summed E-state index contributed by atoms with van der Waals surface area (Å²) in [6, 6.07) is 19.1. The van der Waals surface area contributed by atoms with Gasteiger partial charge in [0, 0.05) is 28.6 Å². The molecule has 1 aliphatic rings. The second-order valence-corrected chi connectivity index (χ2v) is 7.70. The number of amides is 1. The van der Waals surface area contributed by atoms with E-state index >= 15 is 0 Å². The number of nitrogens with zero attached hydrogens (tertiary/aromatic N) is 2. The van der Waals surface area contributed by atoms with Crippen molar-refractivity contribution in [3.05, 3.63) is 83.6 Å². The molecule has 2 heterocycles. The van der Waals surface area contributed by atoms with Crippen molar-refractivity contribution in [3.63, 3.8) is 0 Å². The standard InChI is InChI=1S/C25H21N3O3/c1-16(29)17-2-4-18(5-3-17)25(30)28-10-11-31-24-9-8-19(12-22(24)15-28)20-6-7-21-14-26-27-23(21)13-20/h2-9,12-14H,10-11,15H2,1H3,(H,26,27). The first-order chi connectivity index (χ1) is 15.1. The number of benzene rings is 3. The molecule has 1 N–H and O–H groups in total. The van der Waals surface area contributed by atoms with E-state index in [4.69, 9.17) is 4.74 Å². The number of carbonyl (C=O) groups is 2. The van der Waals surface area contributed by atoms with E-state index in [0.29, 0.717) is 30.8 Å². The third-order valence-corrected chi connectivity index (χ3v) is 5.64. The normalized spacial score (nSPS) is 13.4. The van der Waals surface area contributed by atoms with Gasteiger partial charge in [-0.25, -0.2) is 0 Å². The lowest BCUT2D eigenvalue weighted by atomic mass is 10.0. The zero-order valence-electron chi connectivity index (χ0n) is 17.1. The summed E-state index contributed by atoms with van der Waals surface area (Å²) in [5.41, 5.74) is 5.23. The number of aromatic amines is 1. The van der Waals surface area contributed by atoms with Gasteiger partial charge in [0.2, 0.25) is 0 Å². The fraction of sp³-hybridized carbons (Fsp3) is 0.160. The maximum Gasteiger partial charge on any atom is 0.254 e. The molecule has 0 bridgehead atoms. The van der Waals surface area contributed by atoms with Crippen LogP contribution in [0.5, 0.6) is 5.75 Å². The minimum absolute atomic E-state index is 0.0167. The van der Waals surface area contributed by atoms with Crippen LogP contribution in [0.25, 0.3) is 22.0 Å². The van der Waals surface area contributed by atoms with Crippen LogP contribution < -0.4 is 4.74 Å². The lowest BCUT2D eigenvalue weighted by Gasteiger charge is -2.20. The third-order valence-electron chi connectivity index (χ3n) is 5.64. The highest BCUT2D eigenvalue weighted by Gasteiger charge is 2.22. The van der Waals surface area contributed by atoms with Crippen LogP contribution in [0.2, 0.25) is 0 Å². The topological polar surface area (TPSA) is 75.3 Å². The molecule has 6 heteroatoms. The monoisotopic (exact) mass is 411 g/mol. The van der Waals surface area contributed by atoms with Gasteiger partial charge in [-0.2, -0.15) is 5.10 Å². The SMILES string of the molecule is CC(=O)c1ccc(C(=O)N2CCOc3ccc(-c4ccc5cn[nH]c5c4)cc3C2)cc1. The molecular weight excluding hydrogens is 390 g/mol. The Morgan fingerprint density at radius 1 is 0.968 bits per heavy atom. The second-order valence-electron chi connectivity index (χ2n) is 7.70. The predicted octanol–water partition coefficient (Wildman–Crippen LogP) is 4.47. The van der Waals surface area contributed by atoms with Gasteiger partial charge in [-0.3, -0.25) is 14.7 Å². The number of hydrogen-bond acceptors (Lipinski definition) is 4. The molecular formula is C25H21N3O3. The number of hydrogen-bond donors (Lipinski definition) is 1. The number of rotatable bonds is 3. The molecule has 5 rings (SSSR count). The molecule has 31 heavy (non-hydrogen) atoms. The molecule has 1 aliphatic heterocycles. The minimum atomic E-state index is -0.0733. The molecule has 0 unspecified atom stereocenters. The quantitative estimate of drug-likeness (QED) is 0.505. The zero-order valence-corrected chi connectivity index (χ0v) is 17.1. The van der Waals surface area contributed by atoms with Crippen molar-refractivity contribution < 1.29 is 14.3 Å². The molecule has 1 aromatic heterocycles. The number of nitrogens with one attached hydrogen (secondary N) is 1. The minimum Gasteiger partial charge on any atom is -0.491 e. The largest absolute Gasteiger partial charge is 0.491 e. The molecule has 0 atom stereocenters. The van der Waals surface area contributed by atoms with Gasteiger partial charge in [0.1, 0.15) is 12.4 Å². The average molecular weight is 411 g/mol. The molecule has 0 aliphatic carbocycles. The van der Waals surface area contributed by atoms with Crippen molar-refractivity contribution >= 4 is 22.6 Å². The fourth-order valence-corrected chi connectivity index (χ4v) is 3.89. The van der Waals surface area contributed by atoms with Gasteiger partial charge in [0.15, 0.2) is 5.78 Å². The maximum absolute atomic E-state index is 13.1. The van der Waals surface area contributed by atoms with Gasteiger partial charge in [-0.05, 0) is 48.4 Å². The molecule has 0 radical (unpaired) electrons. The van der Waals surface area contributed by atoms with Crippen LogP contribution in [0.3, 0.4) is 0 Å². The van der Waals surface area contributed by atoms with Gasteiger partial charge in [-0.1, -0.05) is 30.3 Å². The Hall–Kier alpha value is -3.93. The summed E-state index contributed by atoms with van der Waals surface area (Å²) in [5, 5.41) is 8.15. The summed E-state index contributed by atoms with van der Waals surface area (Å²) >= 11 is 0. The number of fused-ring (bicyclic) bond motifs is 2. The van der Waals surface area contributed by atoms with Crippen LogP contribution in [0, 0.1) is 0 Å². The first-order valence-electron chi connectivity index (χ1n) is 10.2. The Balaban J connectivity index is 1.43. The Morgan fingerprint density at radius 3 is 2.52 bits per heavy atom. The van der Waals surface area contributed by atoms with E-state index in [1.54, 1.807) is 35.4 Å². The Labute approximate surface area is 179 Å². The van der Waals surface area contributed by atoms with Crippen LogP contribution in [0.4, 0.5) is 0 Å². The van der Waals surface area contributed by atoms with Gasteiger partial charge >= 0.3 is 0 Å². The van der Waals surface area contributed by atoms with Crippen LogP contribution in [0.15, 0.2) is 66.9 Å². The van der Waals surface area contributed by atoms with E-state index in [1.165, 1.54) is 6.92 Å². The fourth-order valence-electron chi connectivity index (χ4n) is 3.89. The van der Waals surface area contributed by atoms with E-state index in [-0.39, 0.29) is 11.7 Å². The van der Waals surface area contributed by atoms with Crippen molar-refractivity contribution in [1.82, 2.24) is 15.1 Å². The molecule has 154 valence electrons. The third kappa shape index (κ3) is 3.68. The molecule has 6 nitrogen and oxygen atoms in total. The number of carbonyl (C=O) groups excluding carboxylic acids is 2. The Kier molecular flexibility index (Phi) is 4.75. The highest BCUT2D eigenvalue weighted by Crippen LogP contribution is 2.31. The van der Waals surface area contributed by atoms with Gasteiger partial charge in [0.05, 0.1) is 18.3 Å². The predicted molar refractivity (Wildman–Crippen MR) is 118 cm³/mol. The molecule has 1 amide bonds. The van der Waals surface area contributed by atoms with Crippen LogP contribution in [0.1, 0.15) is 33.2 Å². The van der Waals surface area contributed by atoms with E-state index in [1.807, 2.05) is 18.2 Å². The second kappa shape index (κ2) is 7.72. The van der Waals surface area contributed by atoms with Crippen LogP contribution in [-0.2, 0) is 6.54 Å². The van der Waals surface area contributed by atoms with E-state index in [2.05, 4.69) is 28.4 Å². The number of aromatic nitrogens is 2. The van der Waals surface area contributed by atoms with Crippen molar-refractivity contribution in [2.24, 2.45) is 0 Å². The average Bonchev–Trinajstić information content (AvgIpc) is 3.16. The molecule has 0 saturated carbocycles. The maximum atomic E-state index is 13.1. The van der Waals surface area contributed by atoms with Crippen molar-refractivity contribution in [3.8, 4) is 16.9 Å². The number of ether oxygens (including phenoxy) is 1. The molecule has 0 saturated heterocycles. The van der Waals surface area contributed by atoms with Gasteiger partial charge in [0.25, 0.3) is 5.91 Å². The van der Waals surface area contributed by atoms with E-state index in [0.717, 1.165) is 33.3 Å². The summed E-state index contributed by atoms with van der Waals surface area (Å²) in [4.78, 5) is 26.4. The highest BCUT2D eigenvalue weighted by molar-refractivity contribution is 5.97. The van der Waals surface area contributed by atoms with Crippen LogP contribution >= 0.6 is 0 Å². The van der Waals surface area contributed by atoms with Crippen molar-refractivity contribution in [2.75, 3.05) is 13.2 Å². The Morgan fingerprint density at radius 2 is 1.71 bits per heavy atom. The zero-order chi connectivity index (χ0) is 21.4. The van der Waals surface area contributed by atoms with Crippen molar-refractivity contribution in [1.29, 1.82) is 0 Å². The number of H-pyrrole nitrogens is 1. The Bertz CT molecular complexity index is 1290. The lowest BCUT2D eigenvalue weighted by molar-refractivity contribution is 0.0733. The smallest absolute Gasteiger partial charge is 0.254 e. The van der Waals surface area contributed by atoms with Crippen molar-refractivity contribution in [2.45, 2.75) is 13.5 Å². The highest BCUT2D eigenvalue weighted by atomic mass is 16.5.